The van der Waals surface area contributed by atoms with E-state index < -0.39 is 0 Å². The number of methoxy groups -OCH3 is 1. The normalized spacial score (nSPS) is 13.4. The van der Waals surface area contributed by atoms with Gasteiger partial charge in [0.15, 0.2) is 11.5 Å². The average molecular weight is 348 g/mol. The molecule has 0 unspecified atom stereocenters. The predicted octanol–water partition coefficient (Wildman–Crippen LogP) is 4.25. The first kappa shape index (κ1) is 16.4. The van der Waals surface area contributed by atoms with Gasteiger partial charge in [-0.05, 0) is 37.0 Å². The second-order valence-corrected chi connectivity index (χ2v) is 6.41. The van der Waals surface area contributed by atoms with Crippen molar-refractivity contribution in [1.82, 2.24) is 5.16 Å². The molecule has 0 N–H and O–H groups in total. The number of hydrogen-bond acceptors (Lipinski definition) is 4. The molecule has 0 spiro atoms. The van der Waals surface area contributed by atoms with Crippen LogP contribution in [0.25, 0.3) is 11.3 Å². The van der Waals surface area contributed by atoms with Crippen molar-refractivity contribution in [3.8, 4) is 17.1 Å². The molecule has 1 aliphatic rings. The van der Waals surface area contributed by atoms with Crippen LogP contribution in [0.4, 0.5) is 5.69 Å². The Bertz CT molecular complexity index is 947. The summed E-state index contributed by atoms with van der Waals surface area (Å²) in [5.41, 5.74) is 4.39. The van der Waals surface area contributed by atoms with E-state index in [0.29, 0.717) is 23.7 Å². The van der Waals surface area contributed by atoms with Gasteiger partial charge in [-0.3, -0.25) is 4.79 Å². The Morgan fingerprint density at radius 3 is 2.77 bits per heavy atom. The SMILES string of the molecule is COc1ccc(C)c2c1N(C(=O)c1cc(-c3ccccc3)on1)CCC2. The maximum Gasteiger partial charge on any atom is 0.280 e. The van der Waals surface area contributed by atoms with E-state index >= 15 is 0 Å². The Morgan fingerprint density at radius 2 is 2.00 bits per heavy atom. The molecule has 5 nitrogen and oxygen atoms in total. The molecule has 2 aromatic carbocycles. The molecular weight excluding hydrogens is 328 g/mol. The van der Waals surface area contributed by atoms with E-state index in [1.807, 2.05) is 42.5 Å². The molecule has 0 bridgehead atoms. The zero-order valence-corrected chi connectivity index (χ0v) is 14.9. The first-order valence-electron chi connectivity index (χ1n) is 8.69. The lowest BCUT2D eigenvalue weighted by molar-refractivity contribution is 0.0975. The Labute approximate surface area is 152 Å². The third-order valence-electron chi connectivity index (χ3n) is 4.81. The van der Waals surface area contributed by atoms with Gasteiger partial charge in [-0.1, -0.05) is 41.6 Å². The minimum absolute atomic E-state index is 0.166. The van der Waals surface area contributed by atoms with Crippen molar-refractivity contribution < 1.29 is 14.1 Å². The molecule has 4 rings (SSSR count). The molecule has 3 aromatic rings. The van der Waals surface area contributed by atoms with Gasteiger partial charge >= 0.3 is 0 Å². The van der Waals surface area contributed by atoms with Crippen molar-refractivity contribution in [1.29, 1.82) is 0 Å². The summed E-state index contributed by atoms with van der Waals surface area (Å²) in [7, 11) is 1.63. The lowest BCUT2D eigenvalue weighted by Crippen LogP contribution is -2.36. The number of aryl methyl sites for hydroxylation is 1. The van der Waals surface area contributed by atoms with Gasteiger partial charge < -0.3 is 14.2 Å². The zero-order chi connectivity index (χ0) is 18.1. The van der Waals surface area contributed by atoms with E-state index in [2.05, 4.69) is 12.1 Å². The van der Waals surface area contributed by atoms with Crippen LogP contribution < -0.4 is 9.64 Å². The number of amides is 1. The van der Waals surface area contributed by atoms with E-state index in [0.717, 1.165) is 29.7 Å². The fourth-order valence-corrected chi connectivity index (χ4v) is 3.47. The molecule has 0 atom stereocenters. The number of hydrogen-bond donors (Lipinski definition) is 0. The number of carbonyl (C=O) groups excluding carboxylic acids is 1. The smallest absolute Gasteiger partial charge is 0.280 e. The fourth-order valence-electron chi connectivity index (χ4n) is 3.47. The van der Waals surface area contributed by atoms with Gasteiger partial charge in [0.25, 0.3) is 5.91 Å². The maximum atomic E-state index is 13.1. The van der Waals surface area contributed by atoms with Crippen molar-refractivity contribution in [2.24, 2.45) is 0 Å². The third kappa shape index (κ3) is 2.75. The van der Waals surface area contributed by atoms with Gasteiger partial charge in [0.1, 0.15) is 5.75 Å². The molecule has 26 heavy (non-hydrogen) atoms. The minimum atomic E-state index is -0.166. The van der Waals surface area contributed by atoms with Crippen molar-refractivity contribution in [3.63, 3.8) is 0 Å². The standard InChI is InChI=1S/C21H20N2O3/c1-14-10-11-18(25-2)20-16(14)9-6-12-23(20)21(24)17-13-19(26-22-17)15-7-4-3-5-8-15/h3-5,7-8,10-11,13H,6,9,12H2,1-2H3. The molecule has 2 heterocycles. The Hall–Kier alpha value is -3.08. The minimum Gasteiger partial charge on any atom is -0.495 e. The highest BCUT2D eigenvalue weighted by Gasteiger charge is 2.29. The van der Waals surface area contributed by atoms with Crippen molar-refractivity contribution in [3.05, 3.63) is 65.4 Å². The highest BCUT2D eigenvalue weighted by Crippen LogP contribution is 2.39. The first-order chi connectivity index (χ1) is 12.7. The maximum absolute atomic E-state index is 13.1. The highest BCUT2D eigenvalue weighted by atomic mass is 16.5. The molecule has 0 saturated heterocycles. The number of ether oxygens (including phenoxy) is 1. The van der Waals surface area contributed by atoms with Gasteiger partial charge in [-0.15, -0.1) is 0 Å². The van der Waals surface area contributed by atoms with Gasteiger partial charge in [0.05, 0.1) is 12.8 Å². The molecular formula is C21H20N2O3. The van der Waals surface area contributed by atoms with Crippen LogP contribution >= 0.6 is 0 Å². The van der Waals surface area contributed by atoms with Gasteiger partial charge in [0.2, 0.25) is 0 Å². The third-order valence-corrected chi connectivity index (χ3v) is 4.81. The number of benzene rings is 2. The molecule has 132 valence electrons. The molecule has 1 aliphatic heterocycles. The number of anilines is 1. The summed E-state index contributed by atoms with van der Waals surface area (Å²) in [4.78, 5) is 14.9. The lowest BCUT2D eigenvalue weighted by atomic mass is 9.96. The number of carbonyl (C=O) groups is 1. The van der Waals surface area contributed by atoms with Crippen LogP contribution in [0.3, 0.4) is 0 Å². The molecule has 0 saturated carbocycles. The van der Waals surface area contributed by atoms with E-state index in [9.17, 15) is 4.79 Å². The van der Waals surface area contributed by atoms with E-state index in [-0.39, 0.29) is 5.91 Å². The second-order valence-electron chi connectivity index (χ2n) is 6.41. The fraction of sp³-hybridized carbons (Fsp3) is 0.238. The van der Waals surface area contributed by atoms with Crippen molar-refractivity contribution in [2.45, 2.75) is 19.8 Å². The summed E-state index contributed by atoms with van der Waals surface area (Å²) in [6.45, 7) is 2.70. The quantitative estimate of drug-likeness (QED) is 0.710. The summed E-state index contributed by atoms with van der Waals surface area (Å²) < 4.78 is 10.9. The number of fused-ring (bicyclic) bond motifs is 1. The first-order valence-corrected chi connectivity index (χ1v) is 8.69. The van der Waals surface area contributed by atoms with Crippen LogP contribution in [0, 0.1) is 6.92 Å². The van der Waals surface area contributed by atoms with Gasteiger partial charge in [-0.25, -0.2) is 0 Å². The molecule has 1 amide bonds. The molecule has 0 fully saturated rings. The number of aromatic nitrogens is 1. The average Bonchev–Trinajstić information content (AvgIpc) is 3.18. The zero-order valence-electron chi connectivity index (χ0n) is 14.9. The van der Waals surface area contributed by atoms with Crippen LogP contribution in [0.5, 0.6) is 5.75 Å². The van der Waals surface area contributed by atoms with Crippen LogP contribution in [0.15, 0.2) is 53.1 Å². The second kappa shape index (κ2) is 6.67. The van der Waals surface area contributed by atoms with Gasteiger partial charge in [0, 0.05) is 18.2 Å². The van der Waals surface area contributed by atoms with Crippen molar-refractivity contribution >= 4 is 11.6 Å². The molecule has 0 aliphatic carbocycles. The lowest BCUT2D eigenvalue weighted by Gasteiger charge is -2.31. The summed E-state index contributed by atoms with van der Waals surface area (Å²) in [6, 6.07) is 15.3. The summed E-state index contributed by atoms with van der Waals surface area (Å²) in [6.07, 6.45) is 1.85. The van der Waals surface area contributed by atoms with Crippen molar-refractivity contribution in [2.75, 3.05) is 18.6 Å². The molecule has 5 heteroatoms. The van der Waals surface area contributed by atoms with Crippen LogP contribution in [0.1, 0.15) is 28.0 Å². The van der Waals surface area contributed by atoms with Gasteiger partial charge in [-0.2, -0.15) is 0 Å². The summed E-state index contributed by atoms with van der Waals surface area (Å²) in [5, 5.41) is 4.01. The number of rotatable bonds is 3. The Balaban J connectivity index is 1.71. The summed E-state index contributed by atoms with van der Waals surface area (Å²) >= 11 is 0. The van der Waals surface area contributed by atoms with E-state index in [1.54, 1.807) is 18.1 Å². The van der Waals surface area contributed by atoms with E-state index in [1.165, 1.54) is 5.56 Å². The summed E-state index contributed by atoms with van der Waals surface area (Å²) in [5.74, 6) is 1.13. The van der Waals surface area contributed by atoms with Crippen LogP contribution in [-0.2, 0) is 6.42 Å². The van der Waals surface area contributed by atoms with E-state index in [4.69, 9.17) is 9.26 Å². The molecule has 0 radical (unpaired) electrons. The topological polar surface area (TPSA) is 55.6 Å². The van der Waals surface area contributed by atoms with Crippen LogP contribution in [0.2, 0.25) is 0 Å². The van der Waals surface area contributed by atoms with Crippen LogP contribution in [-0.4, -0.2) is 24.7 Å². The highest BCUT2D eigenvalue weighted by molar-refractivity contribution is 6.07. The monoisotopic (exact) mass is 348 g/mol. The largest absolute Gasteiger partial charge is 0.495 e. The number of nitrogens with zero attached hydrogens (tertiary/aromatic N) is 2. The predicted molar refractivity (Wildman–Crippen MR) is 99.7 cm³/mol. The molecule has 1 aromatic heterocycles. The Kier molecular flexibility index (Phi) is 4.21. The Morgan fingerprint density at radius 1 is 1.19 bits per heavy atom.